The Morgan fingerprint density at radius 1 is 0.302 bits per heavy atom. The Kier molecular flexibility index (Phi) is 9.93. The first-order valence-electron chi connectivity index (χ1n) is 17.9. The van der Waals surface area contributed by atoms with Gasteiger partial charge in [0.15, 0.2) is 0 Å². The monoisotopic (exact) mass is 708 g/mol. The van der Waals surface area contributed by atoms with Crippen LogP contribution < -0.4 is 0 Å². The minimum atomic E-state index is -0.394. The average Bonchev–Trinajstić information content (AvgIpc) is 3.09. The molecular formula is C47H48O6. The molecule has 0 aromatic heterocycles. The summed E-state index contributed by atoms with van der Waals surface area (Å²) in [4.78, 5) is 0. The van der Waals surface area contributed by atoms with E-state index in [4.69, 9.17) is 0 Å². The first-order valence-corrected chi connectivity index (χ1v) is 17.9. The van der Waals surface area contributed by atoms with Crippen molar-refractivity contribution in [3.05, 3.63) is 174 Å². The fraction of sp³-hybridized carbons (Fsp3) is 0.234. The van der Waals surface area contributed by atoms with E-state index in [2.05, 4.69) is 0 Å². The lowest BCUT2D eigenvalue weighted by Crippen LogP contribution is -2.10. The van der Waals surface area contributed by atoms with Crippen LogP contribution in [0.25, 0.3) is 0 Å². The molecule has 0 spiro atoms. The van der Waals surface area contributed by atoms with Crippen molar-refractivity contribution in [1.29, 1.82) is 0 Å². The number of phenols is 6. The van der Waals surface area contributed by atoms with Gasteiger partial charge in [-0.1, -0.05) is 48.5 Å². The Morgan fingerprint density at radius 2 is 0.566 bits per heavy atom. The third kappa shape index (κ3) is 7.14. The maximum atomic E-state index is 11.5. The van der Waals surface area contributed by atoms with Crippen molar-refractivity contribution in [2.75, 3.05) is 0 Å². The summed E-state index contributed by atoms with van der Waals surface area (Å²) in [5.41, 5.74) is 13.5. The molecule has 6 aromatic rings. The Morgan fingerprint density at radius 3 is 0.830 bits per heavy atom. The van der Waals surface area contributed by atoms with Gasteiger partial charge in [-0.3, -0.25) is 0 Å². The van der Waals surface area contributed by atoms with E-state index in [0.29, 0.717) is 17.5 Å². The molecule has 0 unspecified atom stereocenters. The van der Waals surface area contributed by atoms with Gasteiger partial charge in [-0.15, -0.1) is 0 Å². The first-order chi connectivity index (χ1) is 25.0. The summed E-state index contributed by atoms with van der Waals surface area (Å²) in [6.07, 6.45) is 0.502. The highest BCUT2D eigenvalue weighted by Crippen LogP contribution is 2.45. The Balaban J connectivity index is 1.50. The molecule has 6 N–H and O–H groups in total. The molecule has 0 aliphatic carbocycles. The van der Waals surface area contributed by atoms with Crippen LogP contribution in [0.1, 0.15) is 101 Å². The second kappa shape index (κ2) is 14.3. The van der Waals surface area contributed by atoms with E-state index in [1.54, 1.807) is 36.4 Å². The van der Waals surface area contributed by atoms with Gasteiger partial charge in [-0.25, -0.2) is 0 Å². The predicted octanol–water partition coefficient (Wildman–Crippen LogP) is 10.3. The Labute approximate surface area is 311 Å². The highest BCUT2D eigenvalue weighted by Gasteiger charge is 2.27. The highest BCUT2D eigenvalue weighted by atomic mass is 16.3. The van der Waals surface area contributed by atoms with E-state index in [9.17, 15) is 30.6 Å². The fourth-order valence-corrected chi connectivity index (χ4v) is 7.67. The molecule has 0 heterocycles. The smallest absolute Gasteiger partial charge is 0.119 e. The molecule has 272 valence electrons. The first kappa shape index (κ1) is 36.9. The van der Waals surface area contributed by atoms with Crippen molar-refractivity contribution in [2.45, 2.75) is 73.6 Å². The molecular weight excluding hydrogens is 661 g/mol. The zero-order chi connectivity index (χ0) is 38.5. The summed E-state index contributed by atoms with van der Waals surface area (Å²) in [7, 11) is 0. The highest BCUT2D eigenvalue weighted by molar-refractivity contribution is 5.60. The molecule has 6 heteroatoms. The van der Waals surface area contributed by atoms with Crippen LogP contribution >= 0.6 is 0 Å². The molecule has 0 bridgehead atoms. The van der Waals surface area contributed by atoms with Gasteiger partial charge in [0, 0.05) is 23.0 Å². The molecule has 0 atom stereocenters. The number of hydrogen-bond acceptors (Lipinski definition) is 6. The van der Waals surface area contributed by atoms with Crippen LogP contribution in [0.5, 0.6) is 34.5 Å². The lowest BCUT2D eigenvalue weighted by Gasteiger charge is -2.26. The van der Waals surface area contributed by atoms with Crippen LogP contribution in [-0.2, 0) is 6.42 Å². The standard InChI is InChI=1S/C47H48O6/c1-24-17-42(50)28(5)13-34(24)46(35-14-29(6)43(51)18-25(35)2)38-22-32(9-11-40(38)48)21-33-10-12-41(49)39(23-33)47(36-15-30(7)44(52)19-26(36)3)37-16-31(8)45(53)20-27(37)4/h9-20,22-23,46-53H,21H2,1-8H3. The SMILES string of the molecule is Cc1cc(C(c2cc(C)c(O)cc2C)c2cc(Cc3ccc(O)c(C(c4cc(C)c(O)cc4C)c4cc(C)c(O)cc4C)c3)ccc2O)c(C)cc1O. The largest absolute Gasteiger partial charge is 0.508 e. The lowest BCUT2D eigenvalue weighted by atomic mass is 9.78. The van der Waals surface area contributed by atoms with Crippen LogP contribution in [0.3, 0.4) is 0 Å². The summed E-state index contributed by atoms with van der Waals surface area (Å²) in [5.74, 6) is 0.312. The van der Waals surface area contributed by atoms with Crippen LogP contribution in [0, 0.1) is 55.4 Å². The Hall–Kier alpha value is -5.88. The molecule has 0 radical (unpaired) electrons. The van der Waals surface area contributed by atoms with Crippen molar-refractivity contribution in [3.8, 4) is 34.5 Å². The van der Waals surface area contributed by atoms with Crippen molar-refractivity contribution >= 4 is 0 Å². The van der Waals surface area contributed by atoms with Gasteiger partial charge in [0.05, 0.1) is 0 Å². The molecule has 0 amide bonds. The number of benzene rings is 6. The molecule has 53 heavy (non-hydrogen) atoms. The normalized spacial score (nSPS) is 11.5. The van der Waals surface area contributed by atoms with E-state index in [1.165, 1.54) is 0 Å². The minimum Gasteiger partial charge on any atom is -0.508 e. The predicted molar refractivity (Wildman–Crippen MR) is 211 cm³/mol. The second-order valence-corrected chi connectivity index (χ2v) is 14.8. The summed E-state index contributed by atoms with van der Waals surface area (Å²) >= 11 is 0. The molecule has 6 aromatic carbocycles. The second-order valence-electron chi connectivity index (χ2n) is 14.8. The average molecular weight is 709 g/mol. The van der Waals surface area contributed by atoms with Crippen LogP contribution in [0.2, 0.25) is 0 Å². The van der Waals surface area contributed by atoms with E-state index in [-0.39, 0.29) is 34.5 Å². The number of phenolic OH excluding ortho intramolecular Hbond substituents is 6. The molecule has 0 fully saturated rings. The Bertz CT molecular complexity index is 2110. The van der Waals surface area contributed by atoms with E-state index in [0.717, 1.165) is 77.9 Å². The van der Waals surface area contributed by atoms with Gasteiger partial charge in [-0.05, 0) is 176 Å². The molecule has 0 aliphatic rings. The summed E-state index contributed by atoms with van der Waals surface area (Å²) in [5, 5.41) is 65.1. The molecule has 0 aliphatic heterocycles. The molecule has 0 saturated heterocycles. The van der Waals surface area contributed by atoms with E-state index >= 15 is 0 Å². The summed E-state index contributed by atoms with van der Waals surface area (Å²) < 4.78 is 0. The fourth-order valence-electron chi connectivity index (χ4n) is 7.67. The maximum Gasteiger partial charge on any atom is 0.119 e. The van der Waals surface area contributed by atoms with Crippen LogP contribution in [-0.4, -0.2) is 30.6 Å². The van der Waals surface area contributed by atoms with Gasteiger partial charge in [-0.2, -0.15) is 0 Å². The zero-order valence-electron chi connectivity index (χ0n) is 31.6. The van der Waals surface area contributed by atoms with E-state index in [1.807, 2.05) is 104 Å². The van der Waals surface area contributed by atoms with Crippen molar-refractivity contribution in [1.82, 2.24) is 0 Å². The van der Waals surface area contributed by atoms with Crippen LogP contribution in [0.4, 0.5) is 0 Å². The number of aromatic hydroxyl groups is 6. The summed E-state index contributed by atoms with van der Waals surface area (Å²) in [6, 6.07) is 26.2. The van der Waals surface area contributed by atoms with Gasteiger partial charge >= 0.3 is 0 Å². The molecule has 6 nitrogen and oxygen atoms in total. The third-order valence-electron chi connectivity index (χ3n) is 10.8. The maximum absolute atomic E-state index is 11.5. The van der Waals surface area contributed by atoms with Crippen LogP contribution in [0.15, 0.2) is 84.9 Å². The number of hydrogen-bond donors (Lipinski definition) is 6. The third-order valence-corrected chi connectivity index (χ3v) is 10.8. The van der Waals surface area contributed by atoms with Gasteiger partial charge in [0.2, 0.25) is 0 Å². The minimum absolute atomic E-state index is 0.136. The number of rotatable bonds is 8. The lowest BCUT2D eigenvalue weighted by molar-refractivity contribution is 0.464. The zero-order valence-corrected chi connectivity index (χ0v) is 31.6. The molecule has 0 saturated carbocycles. The van der Waals surface area contributed by atoms with Gasteiger partial charge < -0.3 is 30.6 Å². The summed E-state index contributed by atoms with van der Waals surface area (Å²) in [6.45, 7) is 15.2. The van der Waals surface area contributed by atoms with Crippen molar-refractivity contribution in [3.63, 3.8) is 0 Å². The molecule has 6 rings (SSSR count). The quantitative estimate of drug-likeness (QED) is 0.0876. The topological polar surface area (TPSA) is 121 Å². The van der Waals surface area contributed by atoms with E-state index < -0.39 is 11.8 Å². The van der Waals surface area contributed by atoms with Gasteiger partial charge in [0.1, 0.15) is 34.5 Å². The van der Waals surface area contributed by atoms with Crippen molar-refractivity contribution in [2.24, 2.45) is 0 Å². The number of aryl methyl sites for hydroxylation is 8. The van der Waals surface area contributed by atoms with Gasteiger partial charge in [0.25, 0.3) is 0 Å². The van der Waals surface area contributed by atoms with Crippen molar-refractivity contribution < 1.29 is 30.6 Å².